The fourth-order valence-electron chi connectivity index (χ4n) is 2.18. The molecule has 0 bridgehead atoms. The van der Waals surface area contributed by atoms with Crippen LogP contribution in [-0.2, 0) is 4.74 Å². The molecular formula is C12H15N3O. The summed E-state index contributed by atoms with van der Waals surface area (Å²) in [7, 11) is 0. The average Bonchev–Trinajstić information content (AvgIpc) is 2.76. The number of hydrogen-bond donors (Lipinski definition) is 0. The highest BCUT2D eigenvalue weighted by molar-refractivity contribution is 5.45. The standard InChI is InChI=1S/C12H15N3O/c1-9-3-2-6-15-12(9)13-11(14-15)10-4-7-16-8-5-10/h2-3,6,10H,4-5,7-8H2,1H3. The van der Waals surface area contributed by atoms with E-state index in [2.05, 4.69) is 23.1 Å². The molecule has 0 amide bonds. The van der Waals surface area contributed by atoms with Crippen molar-refractivity contribution in [3.8, 4) is 0 Å². The Hall–Kier alpha value is -1.42. The van der Waals surface area contributed by atoms with Gasteiger partial charge in [-0.2, -0.15) is 5.10 Å². The second-order valence-corrected chi connectivity index (χ2v) is 4.32. The molecule has 1 aliphatic rings. The van der Waals surface area contributed by atoms with E-state index < -0.39 is 0 Å². The zero-order valence-corrected chi connectivity index (χ0v) is 9.39. The van der Waals surface area contributed by atoms with Gasteiger partial charge in [-0.15, -0.1) is 0 Å². The van der Waals surface area contributed by atoms with Gasteiger partial charge < -0.3 is 4.74 Å². The number of hydrogen-bond acceptors (Lipinski definition) is 3. The van der Waals surface area contributed by atoms with Crippen LogP contribution in [0.5, 0.6) is 0 Å². The molecule has 0 spiro atoms. The Morgan fingerprint density at radius 1 is 1.38 bits per heavy atom. The van der Waals surface area contributed by atoms with E-state index in [1.54, 1.807) is 0 Å². The minimum absolute atomic E-state index is 0.466. The molecular weight excluding hydrogens is 202 g/mol. The molecule has 1 saturated heterocycles. The van der Waals surface area contributed by atoms with Gasteiger partial charge in [-0.1, -0.05) is 6.07 Å². The highest BCUT2D eigenvalue weighted by Crippen LogP contribution is 2.24. The molecule has 16 heavy (non-hydrogen) atoms. The topological polar surface area (TPSA) is 39.4 Å². The van der Waals surface area contributed by atoms with Crippen LogP contribution in [0.3, 0.4) is 0 Å². The Morgan fingerprint density at radius 2 is 2.19 bits per heavy atom. The average molecular weight is 217 g/mol. The number of pyridine rings is 1. The van der Waals surface area contributed by atoms with Crippen molar-refractivity contribution in [2.75, 3.05) is 13.2 Å². The zero-order chi connectivity index (χ0) is 11.0. The van der Waals surface area contributed by atoms with Crippen molar-refractivity contribution >= 4 is 5.65 Å². The highest BCUT2D eigenvalue weighted by atomic mass is 16.5. The van der Waals surface area contributed by atoms with E-state index in [-0.39, 0.29) is 0 Å². The van der Waals surface area contributed by atoms with E-state index in [4.69, 9.17) is 4.74 Å². The first-order valence-electron chi connectivity index (χ1n) is 5.74. The van der Waals surface area contributed by atoms with Crippen LogP contribution in [0.4, 0.5) is 0 Å². The first-order valence-corrected chi connectivity index (χ1v) is 5.74. The molecule has 3 heterocycles. The molecule has 0 radical (unpaired) electrons. The van der Waals surface area contributed by atoms with E-state index in [9.17, 15) is 0 Å². The van der Waals surface area contributed by atoms with Crippen molar-refractivity contribution in [2.45, 2.75) is 25.7 Å². The zero-order valence-electron chi connectivity index (χ0n) is 9.39. The molecule has 1 fully saturated rings. The molecule has 0 aromatic carbocycles. The van der Waals surface area contributed by atoms with Gasteiger partial charge in [0.1, 0.15) is 0 Å². The lowest BCUT2D eigenvalue weighted by atomic mass is 10.00. The van der Waals surface area contributed by atoms with Crippen LogP contribution in [0.15, 0.2) is 18.3 Å². The largest absolute Gasteiger partial charge is 0.381 e. The Labute approximate surface area is 94.3 Å². The predicted molar refractivity (Wildman–Crippen MR) is 60.5 cm³/mol. The van der Waals surface area contributed by atoms with Crippen LogP contribution in [0.2, 0.25) is 0 Å². The van der Waals surface area contributed by atoms with Crippen molar-refractivity contribution in [2.24, 2.45) is 0 Å². The maximum Gasteiger partial charge on any atom is 0.158 e. The molecule has 4 heteroatoms. The summed E-state index contributed by atoms with van der Waals surface area (Å²) in [4.78, 5) is 4.63. The summed E-state index contributed by atoms with van der Waals surface area (Å²) in [6.07, 6.45) is 4.03. The van der Waals surface area contributed by atoms with Crippen LogP contribution < -0.4 is 0 Å². The predicted octanol–water partition coefficient (Wildman–Crippen LogP) is 1.93. The van der Waals surface area contributed by atoms with E-state index in [1.165, 1.54) is 5.56 Å². The third-order valence-electron chi connectivity index (χ3n) is 3.16. The third kappa shape index (κ3) is 1.59. The van der Waals surface area contributed by atoms with Crippen molar-refractivity contribution in [1.82, 2.24) is 14.6 Å². The van der Waals surface area contributed by atoms with Crippen molar-refractivity contribution in [3.63, 3.8) is 0 Å². The Bertz CT molecular complexity index is 500. The molecule has 1 aliphatic heterocycles. The Kier molecular flexibility index (Phi) is 2.36. The smallest absolute Gasteiger partial charge is 0.158 e. The molecule has 0 N–H and O–H groups in total. The Morgan fingerprint density at radius 3 is 2.94 bits per heavy atom. The van der Waals surface area contributed by atoms with Crippen molar-refractivity contribution < 1.29 is 4.74 Å². The van der Waals surface area contributed by atoms with Crippen LogP contribution in [-0.4, -0.2) is 27.8 Å². The van der Waals surface area contributed by atoms with Gasteiger partial charge in [0, 0.05) is 25.3 Å². The minimum atomic E-state index is 0.466. The molecule has 4 nitrogen and oxygen atoms in total. The maximum atomic E-state index is 5.36. The van der Waals surface area contributed by atoms with Gasteiger partial charge in [0.15, 0.2) is 11.5 Å². The minimum Gasteiger partial charge on any atom is -0.381 e. The summed E-state index contributed by atoms with van der Waals surface area (Å²) in [5.74, 6) is 1.44. The number of aromatic nitrogens is 3. The fraction of sp³-hybridized carbons (Fsp3) is 0.500. The summed E-state index contributed by atoms with van der Waals surface area (Å²) < 4.78 is 7.23. The molecule has 0 atom stereocenters. The van der Waals surface area contributed by atoms with Gasteiger partial charge in [-0.3, -0.25) is 0 Å². The maximum absolute atomic E-state index is 5.36. The van der Waals surface area contributed by atoms with Gasteiger partial charge in [0.2, 0.25) is 0 Å². The number of fused-ring (bicyclic) bond motifs is 1. The van der Waals surface area contributed by atoms with Crippen LogP contribution in [0.1, 0.15) is 30.1 Å². The molecule has 0 aliphatic carbocycles. The quantitative estimate of drug-likeness (QED) is 0.732. The number of aryl methyl sites for hydroxylation is 1. The lowest BCUT2D eigenvalue weighted by Gasteiger charge is -2.18. The fourth-order valence-corrected chi connectivity index (χ4v) is 2.18. The summed E-state index contributed by atoms with van der Waals surface area (Å²) in [6.45, 7) is 3.73. The van der Waals surface area contributed by atoms with Gasteiger partial charge in [-0.25, -0.2) is 9.50 Å². The van der Waals surface area contributed by atoms with E-state index in [1.807, 2.05) is 16.8 Å². The molecule has 0 saturated carbocycles. The third-order valence-corrected chi connectivity index (χ3v) is 3.16. The van der Waals surface area contributed by atoms with Gasteiger partial charge >= 0.3 is 0 Å². The first kappa shape index (κ1) is 9.78. The Balaban J connectivity index is 2.01. The van der Waals surface area contributed by atoms with Gasteiger partial charge in [-0.05, 0) is 31.4 Å². The van der Waals surface area contributed by atoms with Crippen LogP contribution in [0.25, 0.3) is 5.65 Å². The monoisotopic (exact) mass is 217 g/mol. The molecule has 2 aromatic heterocycles. The molecule has 0 unspecified atom stereocenters. The van der Waals surface area contributed by atoms with E-state index in [0.717, 1.165) is 37.5 Å². The van der Waals surface area contributed by atoms with Crippen molar-refractivity contribution in [3.05, 3.63) is 29.7 Å². The van der Waals surface area contributed by atoms with Gasteiger partial charge in [0.25, 0.3) is 0 Å². The number of nitrogens with zero attached hydrogens (tertiary/aromatic N) is 3. The second-order valence-electron chi connectivity index (χ2n) is 4.32. The number of ether oxygens (including phenoxy) is 1. The van der Waals surface area contributed by atoms with Crippen LogP contribution in [0, 0.1) is 6.92 Å². The highest BCUT2D eigenvalue weighted by Gasteiger charge is 2.20. The lowest BCUT2D eigenvalue weighted by molar-refractivity contribution is 0.0836. The summed E-state index contributed by atoms with van der Waals surface area (Å²) in [5.41, 5.74) is 2.15. The summed E-state index contributed by atoms with van der Waals surface area (Å²) >= 11 is 0. The molecule has 84 valence electrons. The van der Waals surface area contributed by atoms with Crippen molar-refractivity contribution in [1.29, 1.82) is 0 Å². The second kappa shape index (κ2) is 3.87. The molecule has 3 rings (SSSR count). The normalized spacial score (nSPS) is 18.1. The summed E-state index contributed by atoms with van der Waals surface area (Å²) in [5, 5.41) is 4.55. The number of rotatable bonds is 1. The first-order chi connectivity index (χ1) is 7.84. The summed E-state index contributed by atoms with van der Waals surface area (Å²) in [6, 6.07) is 4.07. The van der Waals surface area contributed by atoms with E-state index in [0.29, 0.717) is 5.92 Å². The van der Waals surface area contributed by atoms with Gasteiger partial charge in [0.05, 0.1) is 0 Å². The molecule has 2 aromatic rings. The van der Waals surface area contributed by atoms with E-state index >= 15 is 0 Å². The lowest BCUT2D eigenvalue weighted by Crippen LogP contribution is -2.15. The van der Waals surface area contributed by atoms with Crippen LogP contribution >= 0.6 is 0 Å². The SMILES string of the molecule is Cc1cccn2nc(C3CCOCC3)nc12.